The van der Waals surface area contributed by atoms with Crippen molar-refractivity contribution in [2.24, 2.45) is 5.73 Å². The Bertz CT molecular complexity index is 386. The van der Waals surface area contributed by atoms with Crippen molar-refractivity contribution in [3.8, 4) is 5.75 Å². The van der Waals surface area contributed by atoms with Gasteiger partial charge in [0.25, 0.3) is 0 Å². The van der Waals surface area contributed by atoms with Gasteiger partial charge >= 0.3 is 0 Å². The van der Waals surface area contributed by atoms with Crippen LogP contribution in [0.4, 0.5) is 0 Å². The second-order valence-electron chi connectivity index (χ2n) is 4.86. The summed E-state index contributed by atoms with van der Waals surface area (Å²) in [6.45, 7) is 6.95. The summed E-state index contributed by atoms with van der Waals surface area (Å²) in [7, 11) is 0. The molecular weight excluding hydrogens is 222 g/mol. The summed E-state index contributed by atoms with van der Waals surface area (Å²) in [6, 6.07) is 4.27. The Kier molecular flexibility index (Phi) is 3.87. The lowest BCUT2D eigenvalue weighted by Crippen LogP contribution is -2.30. The SMILES string of the molecule is Cc1cc(C)c(C)c(OCC2(N)CC2)c1.Cl. The van der Waals surface area contributed by atoms with E-state index in [1.807, 2.05) is 0 Å². The van der Waals surface area contributed by atoms with Gasteiger partial charge in [0.15, 0.2) is 0 Å². The van der Waals surface area contributed by atoms with Gasteiger partial charge in [0.05, 0.1) is 5.54 Å². The molecule has 1 aromatic rings. The maximum atomic E-state index is 6.00. The van der Waals surface area contributed by atoms with Crippen LogP contribution in [0, 0.1) is 20.8 Å². The van der Waals surface area contributed by atoms with Crippen molar-refractivity contribution in [1.82, 2.24) is 0 Å². The fraction of sp³-hybridized carbons (Fsp3) is 0.538. The highest BCUT2D eigenvalue weighted by molar-refractivity contribution is 5.85. The van der Waals surface area contributed by atoms with Gasteiger partial charge < -0.3 is 10.5 Å². The molecule has 0 saturated heterocycles. The largest absolute Gasteiger partial charge is 0.491 e. The average Bonchev–Trinajstić information content (AvgIpc) is 2.88. The van der Waals surface area contributed by atoms with Crippen molar-refractivity contribution in [1.29, 1.82) is 0 Å². The highest BCUT2D eigenvalue weighted by atomic mass is 35.5. The van der Waals surface area contributed by atoms with E-state index in [4.69, 9.17) is 10.5 Å². The van der Waals surface area contributed by atoms with Crippen LogP contribution in [0.3, 0.4) is 0 Å². The van der Waals surface area contributed by atoms with Crippen LogP contribution in [0.25, 0.3) is 0 Å². The molecule has 0 aromatic heterocycles. The summed E-state index contributed by atoms with van der Waals surface area (Å²) in [5, 5.41) is 0. The Morgan fingerprint density at radius 2 is 1.88 bits per heavy atom. The van der Waals surface area contributed by atoms with Crippen molar-refractivity contribution < 1.29 is 4.74 Å². The van der Waals surface area contributed by atoms with E-state index in [0.717, 1.165) is 18.6 Å². The van der Waals surface area contributed by atoms with Gasteiger partial charge in [0.1, 0.15) is 12.4 Å². The molecule has 0 bridgehead atoms. The van der Waals surface area contributed by atoms with Crippen molar-refractivity contribution in [3.63, 3.8) is 0 Å². The predicted molar refractivity (Wildman–Crippen MR) is 69.5 cm³/mol. The third-order valence-electron chi connectivity index (χ3n) is 3.17. The summed E-state index contributed by atoms with van der Waals surface area (Å²) in [6.07, 6.45) is 2.19. The maximum absolute atomic E-state index is 6.00. The zero-order valence-corrected chi connectivity index (χ0v) is 11.0. The van der Waals surface area contributed by atoms with Gasteiger partial charge in [-0.3, -0.25) is 0 Å². The van der Waals surface area contributed by atoms with E-state index in [1.165, 1.54) is 16.7 Å². The topological polar surface area (TPSA) is 35.2 Å². The second kappa shape index (κ2) is 4.64. The third kappa shape index (κ3) is 2.89. The summed E-state index contributed by atoms with van der Waals surface area (Å²) in [4.78, 5) is 0. The van der Waals surface area contributed by atoms with E-state index >= 15 is 0 Å². The lowest BCUT2D eigenvalue weighted by atomic mass is 10.1. The first kappa shape index (κ1) is 13.3. The van der Waals surface area contributed by atoms with Gasteiger partial charge in [0.2, 0.25) is 0 Å². The van der Waals surface area contributed by atoms with Gasteiger partial charge in [-0.2, -0.15) is 0 Å². The van der Waals surface area contributed by atoms with Crippen molar-refractivity contribution in [2.75, 3.05) is 6.61 Å². The number of benzene rings is 1. The third-order valence-corrected chi connectivity index (χ3v) is 3.17. The monoisotopic (exact) mass is 241 g/mol. The van der Waals surface area contributed by atoms with Crippen LogP contribution in [0.5, 0.6) is 5.75 Å². The maximum Gasteiger partial charge on any atom is 0.122 e. The zero-order valence-electron chi connectivity index (χ0n) is 10.2. The summed E-state index contributed by atoms with van der Waals surface area (Å²) in [5.41, 5.74) is 9.71. The van der Waals surface area contributed by atoms with Crippen LogP contribution in [-0.4, -0.2) is 12.1 Å². The van der Waals surface area contributed by atoms with Crippen molar-refractivity contribution in [3.05, 3.63) is 28.8 Å². The minimum atomic E-state index is -0.0376. The number of halogens is 1. The fourth-order valence-electron chi connectivity index (χ4n) is 1.68. The second-order valence-corrected chi connectivity index (χ2v) is 4.86. The van der Waals surface area contributed by atoms with Crippen molar-refractivity contribution >= 4 is 12.4 Å². The van der Waals surface area contributed by atoms with E-state index in [2.05, 4.69) is 32.9 Å². The average molecular weight is 242 g/mol. The van der Waals surface area contributed by atoms with E-state index in [1.54, 1.807) is 0 Å². The predicted octanol–water partition coefficient (Wildman–Crippen LogP) is 2.90. The molecule has 16 heavy (non-hydrogen) atoms. The fourth-order valence-corrected chi connectivity index (χ4v) is 1.68. The van der Waals surface area contributed by atoms with E-state index in [-0.39, 0.29) is 17.9 Å². The molecule has 1 aliphatic carbocycles. The highest BCUT2D eigenvalue weighted by Gasteiger charge is 2.39. The molecular formula is C13H20ClNO. The standard InChI is InChI=1S/C13H19NO.ClH/c1-9-6-10(2)11(3)12(7-9)15-8-13(14)4-5-13;/h6-7H,4-5,8,14H2,1-3H3;1H. The highest BCUT2D eigenvalue weighted by Crippen LogP contribution is 2.33. The van der Waals surface area contributed by atoms with Gasteiger partial charge in [-0.05, 0) is 56.4 Å². The number of aryl methyl sites for hydroxylation is 2. The number of rotatable bonds is 3. The quantitative estimate of drug-likeness (QED) is 0.883. The van der Waals surface area contributed by atoms with Gasteiger partial charge in [-0.25, -0.2) is 0 Å². The summed E-state index contributed by atoms with van der Waals surface area (Å²) >= 11 is 0. The molecule has 0 atom stereocenters. The van der Waals surface area contributed by atoms with Gasteiger partial charge in [-0.1, -0.05) is 6.07 Å². The molecule has 1 aliphatic rings. The van der Waals surface area contributed by atoms with Crippen LogP contribution in [0.1, 0.15) is 29.5 Å². The first-order chi connectivity index (χ1) is 7.00. The lowest BCUT2D eigenvalue weighted by molar-refractivity contribution is 0.277. The molecule has 0 spiro atoms. The first-order valence-electron chi connectivity index (χ1n) is 5.50. The molecule has 2 rings (SSSR count). The van der Waals surface area contributed by atoms with E-state index in [0.29, 0.717) is 6.61 Å². The zero-order chi connectivity index (χ0) is 11.1. The number of hydrogen-bond acceptors (Lipinski definition) is 2. The molecule has 3 heteroatoms. The minimum absolute atomic E-state index is 0. The van der Waals surface area contributed by atoms with E-state index < -0.39 is 0 Å². The molecule has 1 fully saturated rings. The Labute approximate surface area is 104 Å². The van der Waals surface area contributed by atoms with Crippen LogP contribution >= 0.6 is 12.4 Å². The molecule has 2 nitrogen and oxygen atoms in total. The molecule has 0 heterocycles. The lowest BCUT2D eigenvalue weighted by Gasteiger charge is -2.15. The van der Waals surface area contributed by atoms with E-state index in [9.17, 15) is 0 Å². The Morgan fingerprint density at radius 1 is 1.25 bits per heavy atom. The molecule has 90 valence electrons. The van der Waals surface area contributed by atoms with Gasteiger partial charge in [0, 0.05) is 0 Å². The van der Waals surface area contributed by atoms with Gasteiger partial charge in [-0.15, -0.1) is 12.4 Å². The minimum Gasteiger partial charge on any atom is -0.491 e. The van der Waals surface area contributed by atoms with Crippen LogP contribution < -0.4 is 10.5 Å². The van der Waals surface area contributed by atoms with Crippen molar-refractivity contribution in [2.45, 2.75) is 39.2 Å². The van der Waals surface area contributed by atoms with Crippen LogP contribution in [0.15, 0.2) is 12.1 Å². The normalized spacial score (nSPS) is 16.5. The molecule has 0 aliphatic heterocycles. The number of nitrogens with two attached hydrogens (primary N) is 1. The Morgan fingerprint density at radius 3 is 2.44 bits per heavy atom. The molecule has 0 amide bonds. The van der Waals surface area contributed by atoms with Crippen LogP contribution in [-0.2, 0) is 0 Å². The Hall–Kier alpha value is -0.730. The van der Waals surface area contributed by atoms with Crippen LogP contribution in [0.2, 0.25) is 0 Å². The molecule has 0 unspecified atom stereocenters. The Balaban J connectivity index is 0.00000128. The summed E-state index contributed by atoms with van der Waals surface area (Å²) < 4.78 is 5.80. The first-order valence-corrected chi connectivity index (χ1v) is 5.50. The molecule has 1 aromatic carbocycles. The number of hydrogen-bond donors (Lipinski definition) is 1. The molecule has 0 radical (unpaired) electrons. The molecule has 2 N–H and O–H groups in total. The molecule has 1 saturated carbocycles. The number of ether oxygens (including phenoxy) is 1. The summed E-state index contributed by atoms with van der Waals surface area (Å²) in [5.74, 6) is 0.990. The smallest absolute Gasteiger partial charge is 0.122 e.